The van der Waals surface area contributed by atoms with Gasteiger partial charge in [0, 0.05) is 32.9 Å². The maximum absolute atomic E-state index is 10.8. The normalized spacial score (nSPS) is 12.0. The first-order chi connectivity index (χ1) is 8.45. The van der Waals surface area contributed by atoms with Crippen LogP contribution in [0.1, 0.15) is 20.3 Å². The highest BCUT2D eigenvalue weighted by Gasteiger charge is 2.17. The van der Waals surface area contributed by atoms with Crippen LogP contribution >= 0.6 is 0 Å². The van der Waals surface area contributed by atoms with Crippen LogP contribution in [0.25, 0.3) is 0 Å². The van der Waals surface area contributed by atoms with Crippen LogP contribution in [0.4, 0.5) is 11.8 Å². The average Bonchev–Trinajstić information content (AvgIpc) is 2.29. The lowest BCUT2D eigenvalue weighted by Gasteiger charge is -2.28. The molecule has 100 valence electrons. The quantitative estimate of drug-likeness (QED) is 0.821. The zero-order valence-electron chi connectivity index (χ0n) is 11.3. The maximum Gasteiger partial charge on any atom is 0.305 e. The Morgan fingerprint density at radius 2 is 2.17 bits per heavy atom. The van der Waals surface area contributed by atoms with Gasteiger partial charge in [0.15, 0.2) is 0 Å². The van der Waals surface area contributed by atoms with Crippen molar-refractivity contribution in [3.63, 3.8) is 0 Å². The number of carboxylic acid groups (broad SMARTS) is 1. The average molecular weight is 252 g/mol. The Bertz CT molecular complexity index is 409. The Labute approximate surface area is 107 Å². The molecule has 0 bridgehead atoms. The minimum Gasteiger partial charge on any atom is -0.481 e. The lowest BCUT2D eigenvalue weighted by atomic mass is 10.2. The third-order valence-corrected chi connectivity index (χ3v) is 2.67. The number of anilines is 2. The van der Waals surface area contributed by atoms with Crippen molar-refractivity contribution in [2.75, 3.05) is 30.4 Å². The van der Waals surface area contributed by atoms with Crippen molar-refractivity contribution in [3.05, 3.63) is 12.3 Å². The first-order valence-electron chi connectivity index (χ1n) is 5.94. The summed E-state index contributed by atoms with van der Waals surface area (Å²) in [4.78, 5) is 23.1. The fourth-order valence-corrected chi connectivity index (χ4v) is 1.78. The van der Waals surface area contributed by atoms with Crippen LogP contribution in [0.15, 0.2) is 12.3 Å². The molecule has 6 heteroatoms. The highest BCUT2D eigenvalue weighted by molar-refractivity contribution is 5.68. The second-order valence-corrected chi connectivity index (χ2v) is 4.34. The molecule has 0 spiro atoms. The highest BCUT2D eigenvalue weighted by atomic mass is 16.4. The first kappa shape index (κ1) is 14.2. The minimum atomic E-state index is -0.803. The molecule has 0 radical (unpaired) electrons. The van der Waals surface area contributed by atoms with Crippen molar-refractivity contribution in [1.82, 2.24) is 9.97 Å². The van der Waals surface area contributed by atoms with Gasteiger partial charge in [0.1, 0.15) is 5.82 Å². The van der Waals surface area contributed by atoms with Crippen LogP contribution in [-0.4, -0.2) is 47.7 Å². The summed E-state index contributed by atoms with van der Waals surface area (Å²) in [7, 11) is 3.74. The SMILES string of the molecule is CCN(c1ccnc(N(C)C)n1)C(C)CC(=O)O. The molecule has 0 aliphatic carbocycles. The molecule has 6 nitrogen and oxygen atoms in total. The summed E-state index contributed by atoms with van der Waals surface area (Å²) in [5.41, 5.74) is 0. The minimum absolute atomic E-state index is 0.0924. The van der Waals surface area contributed by atoms with Gasteiger partial charge in [0.2, 0.25) is 5.95 Å². The van der Waals surface area contributed by atoms with E-state index >= 15 is 0 Å². The zero-order chi connectivity index (χ0) is 13.7. The highest BCUT2D eigenvalue weighted by Crippen LogP contribution is 2.17. The van der Waals surface area contributed by atoms with Crippen LogP contribution < -0.4 is 9.80 Å². The summed E-state index contributed by atoms with van der Waals surface area (Å²) in [5, 5.41) is 8.85. The molecule has 1 aromatic rings. The van der Waals surface area contributed by atoms with E-state index in [1.807, 2.05) is 37.7 Å². The molecule has 1 aromatic heterocycles. The number of carbonyl (C=O) groups is 1. The van der Waals surface area contributed by atoms with E-state index < -0.39 is 5.97 Å². The van der Waals surface area contributed by atoms with Crippen molar-refractivity contribution in [2.45, 2.75) is 26.3 Å². The summed E-state index contributed by atoms with van der Waals surface area (Å²) >= 11 is 0. The Kier molecular flexibility index (Phi) is 4.88. The Balaban J connectivity index is 2.94. The summed E-state index contributed by atoms with van der Waals surface area (Å²) in [6.07, 6.45) is 1.78. The lowest BCUT2D eigenvalue weighted by molar-refractivity contribution is -0.137. The molecule has 0 saturated heterocycles. The molecule has 0 amide bonds. The van der Waals surface area contributed by atoms with Crippen molar-refractivity contribution in [2.24, 2.45) is 0 Å². The number of aliphatic carboxylic acids is 1. The topological polar surface area (TPSA) is 69.6 Å². The molecule has 1 unspecified atom stereocenters. The molecule has 18 heavy (non-hydrogen) atoms. The van der Waals surface area contributed by atoms with Gasteiger partial charge in [-0.15, -0.1) is 0 Å². The van der Waals surface area contributed by atoms with Gasteiger partial charge in [-0.2, -0.15) is 4.98 Å². The van der Waals surface area contributed by atoms with Gasteiger partial charge in [-0.05, 0) is 19.9 Å². The van der Waals surface area contributed by atoms with E-state index in [0.717, 1.165) is 5.82 Å². The van der Waals surface area contributed by atoms with Gasteiger partial charge < -0.3 is 14.9 Å². The van der Waals surface area contributed by atoms with E-state index in [4.69, 9.17) is 5.11 Å². The van der Waals surface area contributed by atoms with Crippen LogP contribution in [0.5, 0.6) is 0 Å². The molecule has 1 N–H and O–H groups in total. The Hall–Kier alpha value is -1.85. The van der Waals surface area contributed by atoms with Gasteiger partial charge in [-0.25, -0.2) is 4.98 Å². The number of aromatic nitrogens is 2. The molecular weight excluding hydrogens is 232 g/mol. The third kappa shape index (κ3) is 3.58. The largest absolute Gasteiger partial charge is 0.481 e. The maximum atomic E-state index is 10.8. The molecule has 0 aromatic carbocycles. The molecular formula is C12H20N4O2. The summed E-state index contributed by atoms with van der Waals surface area (Å²) in [6.45, 7) is 4.57. The van der Waals surface area contributed by atoms with Gasteiger partial charge in [-0.1, -0.05) is 0 Å². The lowest BCUT2D eigenvalue weighted by Crippen LogP contribution is -2.35. The fraction of sp³-hybridized carbons (Fsp3) is 0.583. The zero-order valence-corrected chi connectivity index (χ0v) is 11.3. The van der Waals surface area contributed by atoms with Gasteiger partial charge >= 0.3 is 5.97 Å². The predicted molar refractivity (Wildman–Crippen MR) is 71.1 cm³/mol. The van der Waals surface area contributed by atoms with Gasteiger partial charge in [-0.3, -0.25) is 4.79 Å². The van der Waals surface area contributed by atoms with E-state index in [1.165, 1.54) is 0 Å². The molecule has 0 fully saturated rings. The standard InChI is InChI=1S/C12H20N4O2/c1-5-16(9(2)8-11(17)18)10-6-7-13-12(14-10)15(3)4/h6-7,9H,5,8H2,1-4H3,(H,17,18). The van der Waals surface area contributed by atoms with E-state index in [9.17, 15) is 4.79 Å². The number of carboxylic acids is 1. The van der Waals surface area contributed by atoms with E-state index in [1.54, 1.807) is 12.3 Å². The molecule has 1 heterocycles. The molecule has 1 atom stereocenters. The van der Waals surface area contributed by atoms with Crippen LogP contribution in [0.2, 0.25) is 0 Å². The number of hydrogen-bond acceptors (Lipinski definition) is 5. The van der Waals surface area contributed by atoms with Crippen LogP contribution in [0, 0.1) is 0 Å². The van der Waals surface area contributed by atoms with E-state index in [2.05, 4.69) is 9.97 Å². The smallest absolute Gasteiger partial charge is 0.305 e. The fourth-order valence-electron chi connectivity index (χ4n) is 1.78. The summed E-state index contributed by atoms with van der Waals surface area (Å²) < 4.78 is 0. The molecule has 0 aliphatic heterocycles. The second-order valence-electron chi connectivity index (χ2n) is 4.34. The number of rotatable bonds is 6. The van der Waals surface area contributed by atoms with Crippen LogP contribution in [-0.2, 0) is 4.79 Å². The monoisotopic (exact) mass is 252 g/mol. The molecule has 0 saturated carbocycles. The van der Waals surface area contributed by atoms with Gasteiger partial charge in [0.05, 0.1) is 6.42 Å². The third-order valence-electron chi connectivity index (χ3n) is 2.67. The van der Waals surface area contributed by atoms with Crippen LogP contribution in [0.3, 0.4) is 0 Å². The predicted octanol–water partition coefficient (Wildman–Crippen LogP) is 1.23. The second kappa shape index (κ2) is 6.18. The van der Waals surface area contributed by atoms with E-state index in [0.29, 0.717) is 12.5 Å². The number of hydrogen-bond donors (Lipinski definition) is 1. The first-order valence-corrected chi connectivity index (χ1v) is 5.94. The number of nitrogens with zero attached hydrogens (tertiary/aromatic N) is 4. The van der Waals surface area contributed by atoms with E-state index in [-0.39, 0.29) is 12.5 Å². The van der Waals surface area contributed by atoms with Crippen molar-refractivity contribution in [3.8, 4) is 0 Å². The van der Waals surface area contributed by atoms with Crippen molar-refractivity contribution >= 4 is 17.7 Å². The van der Waals surface area contributed by atoms with Crippen molar-refractivity contribution in [1.29, 1.82) is 0 Å². The summed E-state index contributed by atoms with van der Waals surface area (Å²) in [6, 6.07) is 1.70. The molecule has 1 rings (SSSR count). The Morgan fingerprint density at radius 1 is 1.50 bits per heavy atom. The Morgan fingerprint density at radius 3 is 2.67 bits per heavy atom. The summed E-state index contributed by atoms with van der Waals surface area (Å²) in [5.74, 6) is 0.571. The molecule has 0 aliphatic rings. The van der Waals surface area contributed by atoms with Crippen molar-refractivity contribution < 1.29 is 9.90 Å². The van der Waals surface area contributed by atoms with Gasteiger partial charge in [0.25, 0.3) is 0 Å².